The Morgan fingerprint density at radius 3 is 2.52 bits per heavy atom. The number of rotatable bonds is 6. The molecule has 2 aromatic heterocycles. The van der Waals surface area contributed by atoms with Crippen LogP contribution in [0.1, 0.15) is 28.9 Å². The molecule has 0 atom stereocenters. The van der Waals surface area contributed by atoms with Gasteiger partial charge in [0.15, 0.2) is 12.2 Å². The number of thiazole rings is 1. The summed E-state index contributed by atoms with van der Waals surface area (Å²) >= 11 is 1.50. The van der Waals surface area contributed by atoms with Gasteiger partial charge in [-0.05, 0) is 6.92 Å². The van der Waals surface area contributed by atoms with Crippen LogP contribution in [0.25, 0.3) is 0 Å². The quantitative estimate of drug-likeness (QED) is 0.289. The minimum absolute atomic E-state index is 0. The molecule has 10 nitrogen and oxygen atoms in total. The molecular formula is C14H22ClN4O6PS. The highest BCUT2D eigenvalue weighted by atomic mass is 35.5. The molecule has 13 heteroatoms. The number of phosphoric ester groups is 1. The number of halogens is 1. The van der Waals surface area contributed by atoms with Gasteiger partial charge in [-0.25, -0.2) is 14.5 Å². The van der Waals surface area contributed by atoms with Gasteiger partial charge in [0.05, 0.1) is 17.0 Å². The van der Waals surface area contributed by atoms with E-state index in [0.717, 1.165) is 23.1 Å². The second-order valence-corrected chi connectivity index (χ2v) is 7.46. The topological polar surface area (TPSA) is 160 Å². The molecule has 0 radical (unpaired) electrons. The molecule has 2 rings (SSSR count). The fourth-order valence-electron chi connectivity index (χ4n) is 1.92. The van der Waals surface area contributed by atoms with Crippen molar-refractivity contribution < 1.29 is 45.8 Å². The first-order valence-corrected chi connectivity index (χ1v) is 9.84. The van der Waals surface area contributed by atoms with Gasteiger partial charge in [0.1, 0.15) is 11.6 Å². The first kappa shape index (κ1) is 25.4. The molecule has 0 unspecified atom stereocenters. The molecule has 0 bridgehead atoms. The molecule has 0 aliphatic heterocycles. The minimum Gasteiger partial charge on any atom is -1.00 e. The average molecular weight is 441 g/mol. The van der Waals surface area contributed by atoms with E-state index in [2.05, 4.69) is 14.5 Å². The van der Waals surface area contributed by atoms with Gasteiger partial charge in [0, 0.05) is 26.5 Å². The average Bonchev–Trinajstić information content (AvgIpc) is 2.81. The second kappa shape index (κ2) is 11.3. The van der Waals surface area contributed by atoms with E-state index in [1.165, 1.54) is 11.3 Å². The summed E-state index contributed by atoms with van der Waals surface area (Å²) < 4.78 is 17.1. The molecule has 0 aliphatic carbocycles. The van der Waals surface area contributed by atoms with Gasteiger partial charge in [-0.2, -0.15) is 4.57 Å². The van der Waals surface area contributed by atoms with Crippen molar-refractivity contribution in [3.8, 4) is 0 Å². The maximum absolute atomic E-state index is 10.7. The first-order valence-electron chi connectivity index (χ1n) is 7.43. The molecule has 2 heterocycles. The number of aryl methyl sites for hydroxylation is 1. The number of aromatic nitrogens is 3. The molecule has 0 saturated heterocycles. The predicted molar refractivity (Wildman–Crippen MR) is 94.5 cm³/mol. The Morgan fingerprint density at radius 2 is 2.00 bits per heavy atom. The van der Waals surface area contributed by atoms with E-state index >= 15 is 0 Å². The van der Waals surface area contributed by atoms with E-state index in [-0.39, 0.29) is 19.0 Å². The number of nitrogens with zero attached hydrogens (tertiary/aromatic N) is 3. The standard InChI is InChI=1S/C12H17N4O4PS.C2H4O2.ClH/c1-8-11(3-4-20-21(17,18)19)22-7-16(8)6-10-5-14-9(2)15-12(10)13;1-2(3)4;/h5,7H,3-4,6H2,1-2H3,(H3-,13,14,15,17,18,19);1H3,(H,3,4);1H. The fourth-order valence-corrected chi connectivity index (χ4v) is 3.23. The highest BCUT2D eigenvalue weighted by Gasteiger charge is 2.19. The smallest absolute Gasteiger partial charge is 0.469 e. The molecule has 0 aromatic carbocycles. The number of phosphoric acid groups is 1. The number of carbonyl (C=O) groups is 1. The number of nitrogen functional groups attached to an aromatic ring is 1. The van der Waals surface area contributed by atoms with Crippen molar-refractivity contribution in [3.05, 3.63) is 33.7 Å². The molecule has 0 aliphatic rings. The third-order valence-corrected chi connectivity index (χ3v) is 4.77. The summed E-state index contributed by atoms with van der Waals surface area (Å²) in [5.41, 5.74) is 9.65. The third-order valence-electron chi connectivity index (χ3n) is 3.10. The van der Waals surface area contributed by atoms with Crippen LogP contribution in [-0.4, -0.2) is 37.4 Å². The highest BCUT2D eigenvalue weighted by molar-refractivity contribution is 7.46. The van der Waals surface area contributed by atoms with Crippen LogP contribution < -0.4 is 22.7 Å². The SMILES string of the molecule is CC(=O)O.Cc1ncc(C[n+]2csc(CCOP(=O)(O)O)c2C)c(N)n1.[Cl-]. The Hall–Kier alpha value is -1.62. The minimum atomic E-state index is -4.41. The number of aliphatic carboxylic acids is 1. The Kier molecular flexibility index (Phi) is 10.6. The molecule has 2 aromatic rings. The summed E-state index contributed by atoms with van der Waals surface area (Å²) in [6.07, 6.45) is 2.15. The molecule has 0 amide bonds. The second-order valence-electron chi connectivity index (χ2n) is 5.28. The lowest BCUT2D eigenvalue weighted by Crippen LogP contribution is -3.00. The monoisotopic (exact) mass is 440 g/mol. The summed E-state index contributed by atoms with van der Waals surface area (Å²) in [4.78, 5) is 35.6. The lowest BCUT2D eigenvalue weighted by atomic mass is 10.2. The number of carboxylic acid groups (broad SMARTS) is 1. The zero-order chi connectivity index (χ0) is 19.9. The number of carboxylic acids is 1. The molecule has 0 saturated carbocycles. The summed E-state index contributed by atoms with van der Waals surface area (Å²) in [6, 6.07) is 0. The van der Waals surface area contributed by atoms with E-state index in [9.17, 15) is 4.57 Å². The maximum Gasteiger partial charge on any atom is 0.469 e. The van der Waals surface area contributed by atoms with Crippen molar-refractivity contribution in [2.24, 2.45) is 0 Å². The molecular weight excluding hydrogens is 419 g/mol. The van der Waals surface area contributed by atoms with E-state index in [0.29, 0.717) is 24.6 Å². The summed E-state index contributed by atoms with van der Waals surface area (Å²) in [5.74, 6) is 0.251. The highest BCUT2D eigenvalue weighted by Crippen LogP contribution is 2.35. The Bertz CT molecular complexity index is 809. The normalized spacial score (nSPS) is 10.6. The van der Waals surface area contributed by atoms with Gasteiger partial charge < -0.3 is 33.0 Å². The van der Waals surface area contributed by atoms with Crippen molar-refractivity contribution in [3.63, 3.8) is 0 Å². The Labute approximate surface area is 166 Å². The van der Waals surface area contributed by atoms with Crippen LogP contribution in [0, 0.1) is 13.8 Å². The van der Waals surface area contributed by atoms with Crippen LogP contribution >= 0.6 is 19.2 Å². The number of hydrogen-bond acceptors (Lipinski definition) is 7. The van der Waals surface area contributed by atoms with E-state index in [1.807, 2.05) is 17.0 Å². The Balaban J connectivity index is 0.00000123. The van der Waals surface area contributed by atoms with Crippen LogP contribution in [0.4, 0.5) is 5.82 Å². The third kappa shape index (κ3) is 9.76. The van der Waals surface area contributed by atoms with Crippen molar-refractivity contribution in [2.75, 3.05) is 12.3 Å². The maximum atomic E-state index is 10.7. The van der Waals surface area contributed by atoms with Gasteiger partial charge in [0.25, 0.3) is 5.97 Å². The van der Waals surface area contributed by atoms with Crippen LogP contribution in [0.15, 0.2) is 11.7 Å². The molecule has 0 spiro atoms. The van der Waals surface area contributed by atoms with Crippen LogP contribution in [0.3, 0.4) is 0 Å². The molecule has 152 valence electrons. The lowest BCUT2D eigenvalue weighted by molar-refractivity contribution is -0.689. The van der Waals surface area contributed by atoms with E-state index in [1.54, 1.807) is 13.1 Å². The van der Waals surface area contributed by atoms with E-state index < -0.39 is 13.8 Å². The van der Waals surface area contributed by atoms with Crippen molar-refractivity contribution >= 4 is 30.9 Å². The number of anilines is 1. The molecule has 5 N–H and O–H groups in total. The van der Waals surface area contributed by atoms with Gasteiger partial charge >= 0.3 is 7.82 Å². The van der Waals surface area contributed by atoms with Crippen molar-refractivity contribution in [1.82, 2.24) is 9.97 Å². The summed E-state index contributed by atoms with van der Waals surface area (Å²) in [5, 5.41) is 7.42. The van der Waals surface area contributed by atoms with Crippen LogP contribution in [0.5, 0.6) is 0 Å². The molecule has 27 heavy (non-hydrogen) atoms. The lowest BCUT2D eigenvalue weighted by Gasteiger charge is -2.04. The Morgan fingerprint density at radius 1 is 1.41 bits per heavy atom. The van der Waals surface area contributed by atoms with Gasteiger partial charge in [0.2, 0.25) is 5.51 Å². The van der Waals surface area contributed by atoms with Crippen molar-refractivity contribution in [2.45, 2.75) is 33.7 Å². The first-order chi connectivity index (χ1) is 12.0. The van der Waals surface area contributed by atoms with E-state index in [4.69, 9.17) is 25.4 Å². The van der Waals surface area contributed by atoms with Gasteiger partial charge in [-0.15, -0.1) is 0 Å². The van der Waals surface area contributed by atoms with Crippen LogP contribution in [-0.2, 0) is 26.8 Å². The largest absolute Gasteiger partial charge is 1.00 e. The zero-order valence-corrected chi connectivity index (χ0v) is 17.5. The number of hydrogen-bond donors (Lipinski definition) is 4. The van der Waals surface area contributed by atoms with Gasteiger partial charge in [-0.3, -0.25) is 9.32 Å². The fraction of sp³-hybridized carbons (Fsp3) is 0.429. The summed E-state index contributed by atoms with van der Waals surface area (Å²) in [6.45, 7) is 5.33. The van der Waals surface area contributed by atoms with Gasteiger partial charge in [-0.1, -0.05) is 11.3 Å². The summed E-state index contributed by atoms with van der Waals surface area (Å²) in [7, 11) is -4.41. The molecule has 0 fully saturated rings. The van der Waals surface area contributed by atoms with Crippen LogP contribution in [0.2, 0.25) is 0 Å². The zero-order valence-electron chi connectivity index (χ0n) is 15.0. The van der Waals surface area contributed by atoms with Crippen molar-refractivity contribution in [1.29, 1.82) is 0 Å². The predicted octanol–water partition coefficient (Wildman–Crippen LogP) is -2.18. The number of nitrogens with two attached hydrogens (primary N) is 1.